The number of aromatic nitrogens is 3. The van der Waals surface area contributed by atoms with Gasteiger partial charge in [-0.15, -0.1) is 0 Å². The Morgan fingerprint density at radius 3 is 2.55 bits per heavy atom. The number of halogens is 1. The minimum Gasteiger partial charge on any atom is -0.462 e. The van der Waals surface area contributed by atoms with Crippen molar-refractivity contribution in [2.24, 2.45) is 0 Å². The molecule has 9 heteroatoms. The molecule has 0 amide bonds. The average Bonchev–Trinajstić information content (AvgIpc) is 2.85. The quantitative estimate of drug-likeness (QED) is 0.391. The van der Waals surface area contributed by atoms with Crippen LogP contribution in [0.2, 0.25) is 0 Å². The molecule has 0 spiro atoms. The number of nitrogens with one attached hydrogen (secondary N) is 1. The highest BCUT2D eigenvalue weighted by Gasteiger charge is 2.13. The zero-order valence-corrected chi connectivity index (χ0v) is 18.2. The van der Waals surface area contributed by atoms with Crippen molar-refractivity contribution in [1.82, 2.24) is 25.2 Å². The van der Waals surface area contributed by atoms with E-state index in [2.05, 4.69) is 25.2 Å². The van der Waals surface area contributed by atoms with Gasteiger partial charge in [0.2, 0.25) is 5.95 Å². The van der Waals surface area contributed by atoms with Gasteiger partial charge in [0.25, 0.3) is 0 Å². The van der Waals surface area contributed by atoms with Crippen molar-refractivity contribution in [3.8, 4) is 17.1 Å². The molecule has 0 aliphatic carbocycles. The predicted molar refractivity (Wildman–Crippen MR) is 120 cm³/mol. The van der Waals surface area contributed by atoms with Gasteiger partial charge in [-0.1, -0.05) is 24.3 Å². The molecule has 172 valence electrons. The van der Waals surface area contributed by atoms with Gasteiger partial charge in [-0.25, -0.2) is 4.98 Å². The molecule has 1 N–H and O–H groups in total. The van der Waals surface area contributed by atoms with E-state index in [4.69, 9.17) is 9.47 Å². The lowest BCUT2D eigenvalue weighted by molar-refractivity contribution is -0.144. The van der Waals surface area contributed by atoms with Crippen LogP contribution in [0.3, 0.4) is 0 Å². The summed E-state index contributed by atoms with van der Waals surface area (Å²) in [7, 11) is 0. The smallest absolute Gasteiger partial charge is 0.319 e. The van der Waals surface area contributed by atoms with Crippen molar-refractivity contribution in [3.05, 3.63) is 72.1 Å². The van der Waals surface area contributed by atoms with Gasteiger partial charge < -0.3 is 14.8 Å². The van der Waals surface area contributed by atoms with E-state index in [1.165, 1.54) is 6.20 Å². The van der Waals surface area contributed by atoms with Crippen LogP contribution in [0, 0.1) is 5.95 Å². The Hall–Kier alpha value is -3.43. The predicted octanol–water partition coefficient (Wildman–Crippen LogP) is 2.25. The number of pyridine rings is 1. The largest absolute Gasteiger partial charge is 0.462 e. The van der Waals surface area contributed by atoms with E-state index < -0.39 is 5.95 Å². The van der Waals surface area contributed by atoms with Gasteiger partial charge in [0.1, 0.15) is 13.2 Å². The molecule has 3 aromatic rings. The van der Waals surface area contributed by atoms with Crippen LogP contribution in [0.5, 0.6) is 6.01 Å². The van der Waals surface area contributed by atoms with Gasteiger partial charge >= 0.3 is 12.0 Å². The first-order valence-corrected chi connectivity index (χ1v) is 10.9. The molecule has 1 fully saturated rings. The fraction of sp³-hybridized carbons (Fsp3) is 0.333. The standard InChI is InChI=1S/C24H26FN5O3/c25-23-21(16-28-24(29-23)32-14-13-30-11-9-27-10-12-30)20-3-1-18(2-4-20)15-22(31)33-17-19-5-7-26-8-6-19/h1-8,16,27H,9-15,17H2. The van der Waals surface area contributed by atoms with Crippen LogP contribution in [0.25, 0.3) is 11.1 Å². The lowest BCUT2D eigenvalue weighted by atomic mass is 10.1. The van der Waals surface area contributed by atoms with Gasteiger partial charge in [-0.3, -0.25) is 14.7 Å². The number of ether oxygens (including phenoxy) is 2. The van der Waals surface area contributed by atoms with Crippen molar-refractivity contribution >= 4 is 5.97 Å². The summed E-state index contributed by atoms with van der Waals surface area (Å²) >= 11 is 0. The van der Waals surface area contributed by atoms with Crippen LogP contribution in [0.15, 0.2) is 55.0 Å². The van der Waals surface area contributed by atoms with Crippen molar-refractivity contribution in [1.29, 1.82) is 0 Å². The monoisotopic (exact) mass is 451 g/mol. The number of hydrogen-bond acceptors (Lipinski definition) is 8. The molecule has 8 nitrogen and oxygen atoms in total. The highest BCUT2D eigenvalue weighted by Crippen LogP contribution is 2.23. The maximum atomic E-state index is 14.6. The first kappa shape index (κ1) is 22.8. The summed E-state index contributed by atoms with van der Waals surface area (Å²) in [4.78, 5) is 26.3. The Kier molecular flexibility index (Phi) is 7.89. The molecule has 0 bridgehead atoms. The third kappa shape index (κ3) is 6.77. The molecule has 0 radical (unpaired) electrons. The number of benzene rings is 1. The van der Waals surface area contributed by atoms with E-state index in [1.54, 1.807) is 48.8 Å². The number of carbonyl (C=O) groups excluding carboxylic acids is 1. The molecule has 1 saturated heterocycles. The summed E-state index contributed by atoms with van der Waals surface area (Å²) in [6.07, 6.45) is 4.85. The summed E-state index contributed by atoms with van der Waals surface area (Å²) in [5, 5.41) is 3.29. The SMILES string of the molecule is O=C(Cc1ccc(-c2cnc(OCCN3CCNCC3)nc2F)cc1)OCc1ccncc1. The van der Waals surface area contributed by atoms with Gasteiger partial charge in [0, 0.05) is 51.3 Å². The van der Waals surface area contributed by atoms with Crippen molar-refractivity contribution in [2.45, 2.75) is 13.0 Å². The summed E-state index contributed by atoms with van der Waals surface area (Å²) in [5.41, 5.74) is 2.54. The van der Waals surface area contributed by atoms with Crippen LogP contribution < -0.4 is 10.1 Å². The molecular formula is C24H26FN5O3. The Labute approximate surface area is 191 Å². The number of piperazine rings is 1. The first-order valence-electron chi connectivity index (χ1n) is 10.9. The highest BCUT2D eigenvalue weighted by atomic mass is 19.1. The minimum absolute atomic E-state index is 0.0277. The maximum Gasteiger partial charge on any atom is 0.319 e. The van der Waals surface area contributed by atoms with Gasteiger partial charge in [0.15, 0.2) is 0 Å². The lowest BCUT2D eigenvalue weighted by Crippen LogP contribution is -2.44. The molecule has 0 unspecified atom stereocenters. The van der Waals surface area contributed by atoms with E-state index in [1.807, 2.05) is 0 Å². The Bertz CT molecular complexity index is 1040. The maximum absolute atomic E-state index is 14.6. The van der Waals surface area contributed by atoms with E-state index >= 15 is 0 Å². The van der Waals surface area contributed by atoms with E-state index in [9.17, 15) is 9.18 Å². The Balaban J connectivity index is 1.28. The van der Waals surface area contributed by atoms with Crippen LogP contribution >= 0.6 is 0 Å². The van der Waals surface area contributed by atoms with Crippen LogP contribution in [0.1, 0.15) is 11.1 Å². The third-order valence-corrected chi connectivity index (χ3v) is 5.33. The second-order valence-electron chi connectivity index (χ2n) is 7.69. The van der Waals surface area contributed by atoms with Crippen molar-refractivity contribution in [3.63, 3.8) is 0 Å². The fourth-order valence-corrected chi connectivity index (χ4v) is 3.47. The highest BCUT2D eigenvalue weighted by molar-refractivity contribution is 5.73. The molecule has 1 aromatic carbocycles. The molecule has 4 rings (SSSR count). The zero-order valence-electron chi connectivity index (χ0n) is 18.2. The summed E-state index contributed by atoms with van der Waals surface area (Å²) in [5.74, 6) is -0.983. The molecule has 1 aliphatic rings. The Morgan fingerprint density at radius 1 is 1.06 bits per heavy atom. The van der Waals surface area contributed by atoms with Crippen LogP contribution in [0.4, 0.5) is 4.39 Å². The van der Waals surface area contributed by atoms with Crippen LogP contribution in [-0.4, -0.2) is 65.2 Å². The number of esters is 1. The fourth-order valence-electron chi connectivity index (χ4n) is 3.47. The van der Waals surface area contributed by atoms with Crippen LogP contribution in [-0.2, 0) is 22.6 Å². The molecule has 1 aliphatic heterocycles. The summed E-state index contributed by atoms with van der Waals surface area (Å²) in [6.45, 7) is 5.22. The second-order valence-corrected chi connectivity index (χ2v) is 7.69. The zero-order chi connectivity index (χ0) is 22.9. The van der Waals surface area contributed by atoms with Crippen molar-refractivity contribution in [2.75, 3.05) is 39.3 Å². The van der Waals surface area contributed by atoms with E-state index in [0.717, 1.165) is 43.9 Å². The minimum atomic E-state index is -0.647. The number of carbonyl (C=O) groups is 1. The normalized spacial score (nSPS) is 14.1. The van der Waals surface area contributed by atoms with Gasteiger partial charge in [-0.2, -0.15) is 9.37 Å². The molecule has 33 heavy (non-hydrogen) atoms. The first-order chi connectivity index (χ1) is 16.2. The Morgan fingerprint density at radius 2 is 1.82 bits per heavy atom. The molecule has 3 heterocycles. The summed E-state index contributed by atoms with van der Waals surface area (Å²) in [6, 6.07) is 10.6. The molecular weight excluding hydrogens is 425 g/mol. The molecule has 0 atom stereocenters. The topological polar surface area (TPSA) is 89.5 Å². The van der Waals surface area contributed by atoms with Crippen molar-refractivity contribution < 1.29 is 18.7 Å². The number of rotatable bonds is 9. The number of nitrogens with zero attached hydrogens (tertiary/aromatic N) is 4. The molecule has 2 aromatic heterocycles. The number of hydrogen-bond donors (Lipinski definition) is 1. The second kappa shape index (κ2) is 11.4. The van der Waals surface area contributed by atoms with E-state index in [0.29, 0.717) is 12.2 Å². The average molecular weight is 452 g/mol. The molecule has 0 saturated carbocycles. The third-order valence-electron chi connectivity index (χ3n) is 5.33. The summed E-state index contributed by atoms with van der Waals surface area (Å²) < 4.78 is 25.4. The van der Waals surface area contributed by atoms with Gasteiger partial charge in [-0.05, 0) is 28.8 Å². The van der Waals surface area contributed by atoms with E-state index in [-0.39, 0.29) is 30.6 Å². The lowest BCUT2D eigenvalue weighted by Gasteiger charge is -2.26. The van der Waals surface area contributed by atoms with Gasteiger partial charge in [0.05, 0.1) is 12.0 Å².